The zero-order valence-electron chi connectivity index (χ0n) is 37.0. The number of hydrogen-bond acceptors (Lipinski definition) is 4. The van der Waals surface area contributed by atoms with E-state index in [4.69, 9.17) is 8.83 Å². The van der Waals surface area contributed by atoms with Crippen LogP contribution in [0.3, 0.4) is 0 Å². The van der Waals surface area contributed by atoms with E-state index in [2.05, 4.69) is 203 Å². The third kappa shape index (κ3) is 4.52. The maximum Gasteiger partial charge on any atom is 0.144 e. The minimum Gasteiger partial charge on any atom is -0.456 e. The number of furan rings is 2. The van der Waals surface area contributed by atoms with Gasteiger partial charge in [0.2, 0.25) is 0 Å². The van der Waals surface area contributed by atoms with Crippen molar-refractivity contribution in [3.05, 3.63) is 194 Å². The van der Waals surface area contributed by atoms with E-state index in [-0.39, 0.29) is 0 Å². The lowest BCUT2D eigenvalue weighted by Crippen LogP contribution is -1.90. The lowest BCUT2D eigenvalue weighted by molar-refractivity contribution is 0.669. The Labute approximate surface area is 403 Å². The summed E-state index contributed by atoms with van der Waals surface area (Å²) in [6.07, 6.45) is 4.63. The molecule has 6 heteroatoms. The van der Waals surface area contributed by atoms with E-state index in [0.29, 0.717) is 0 Å². The van der Waals surface area contributed by atoms with E-state index in [1.54, 1.807) is 0 Å². The number of nitrogens with zero attached hydrogens (tertiary/aromatic N) is 2. The molecule has 70 heavy (non-hydrogen) atoms. The van der Waals surface area contributed by atoms with E-state index in [9.17, 15) is 0 Å². The van der Waals surface area contributed by atoms with Crippen molar-refractivity contribution in [1.82, 2.24) is 8.80 Å². The average Bonchev–Trinajstić information content (AvgIpc) is 4.27. The van der Waals surface area contributed by atoms with Crippen LogP contribution in [0.4, 0.5) is 0 Å². The van der Waals surface area contributed by atoms with E-state index in [1.807, 2.05) is 22.7 Å². The van der Waals surface area contributed by atoms with Gasteiger partial charge in [0, 0.05) is 128 Å². The number of pyridine rings is 2. The zero-order valence-corrected chi connectivity index (χ0v) is 38.6. The second kappa shape index (κ2) is 12.7. The Kier molecular flexibility index (Phi) is 6.59. The van der Waals surface area contributed by atoms with Crippen molar-refractivity contribution in [2.24, 2.45) is 0 Å². The Hall–Kier alpha value is -8.68. The summed E-state index contributed by atoms with van der Waals surface area (Å²) >= 11 is 3.74. The highest BCUT2D eigenvalue weighted by Crippen LogP contribution is 2.48. The predicted molar refractivity (Wildman–Crippen MR) is 299 cm³/mol. The topological polar surface area (TPSA) is 35.1 Å². The fraction of sp³-hybridized carbons (Fsp3) is 0. The smallest absolute Gasteiger partial charge is 0.144 e. The molecule has 4 nitrogen and oxygen atoms in total. The molecule has 8 heterocycles. The molecule has 0 aliphatic carbocycles. The summed E-state index contributed by atoms with van der Waals surface area (Å²) in [7, 11) is 0. The van der Waals surface area contributed by atoms with E-state index in [1.165, 1.54) is 127 Å². The lowest BCUT2D eigenvalue weighted by atomic mass is 9.97. The molecule has 0 radical (unpaired) electrons. The van der Waals surface area contributed by atoms with Crippen LogP contribution in [-0.2, 0) is 0 Å². The average molecular weight is 925 g/mol. The first-order valence-corrected chi connectivity index (χ1v) is 25.4. The highest BCUT2D eigenvalue weighted by molar-refractivity contribution is 7.26. The van der Waals surface area contributed by atoms with Crippen LogP contribution in [0.2, 0.25) is 0 Å². The number of thiophene rings is 2. The molecular weight excluding hydrogens is 893 g/mol. The van der Waals surface area contributed by atoms with Crippen molar-refractivity contribution in [1.29, 1.82) is 0 Å². The van der Waals surface area contributed by atoms with Gasteiger partial charge in [-0.2, -0.15) is 0 Å². The summed E-state index contributed by atoms with van der Waals surface area (Å²) in [5.41, 5.74) is 10.8. The van der Waals surface area contributed by atoms with Gasteiger partial charge in [-0.1, -0.05) is 103 Å². The Balaban J connectivity index is 0.873. The summed E-state index contributed by atoms with van der Waals surface area (Å²) in [6.45, 7) is 0. The van der Waals surface area contributed by atoms with Crippen molar-refractivity contribution in [2.45, 2.75) is 0 Å². The zero-order chi connectivity index (χ0) is 45.1. The Morgan fingerprint density at radius 3 is 1.63 bits per heavy atom. The number of rotatable bonds is 1. The molecule has 8 aromatic heterocycles. The molecule has 322 valence electrons. The van der Waals surface area contributed by atoms with Gasteiger partial charge < -0.3 is 17.6 Å². The number of fused-ring (bicyclic) bond motifs is 30. The molecule has 0 saturated carbocycles. The molecule has 0 aliphatic heterocycles. The van der Waals surface area contributed by atoms with Gasteiger partial charge >= 0.3 is 0 Å². The van der Waals surface area contributed by atoms with Gasteiger partial charge in [-0.25, -0.2) is 0 Å². The Morgan fingerprint density at radius 1 is 0.300 bits per heavy atom. The second-order valence-electron chi connectivity index (χ2n) is 19.1. The first-order chi connectivity index (χ1) is 34.7. The molecular formula is C64H32N2O2S2. The standard InChI is InChI=1S/C64H32N2O2S2/c1-3-11-37-35(9-1)31-65-50-28-47-45-25-33(18-24-56(45)70-58(47)29-48(50)59-43(62(37)65)22-23-53-61(59)42-14-5-7-15-52(42)67-53)34-17-19-39-41-20-21-44-60(64(41)68-54(39)26-34)49-30-57-46(40-13-6-8-16-55(40)69-57)27-51(49)66-32-36-10-2-4-12-38(36)63(44)66/h1-32H. The van der Waals surface area contributed by atoms with Crippen molar-refractivity contribution in [3.8, 4) is 11.1 Å². The third-order valence-electron chi connectivity index (χ3n) is 15.6. The largest absolute Gasteiger partial charge is 0.456 e. The SMILES string of the molecule is c1ccc2c(c1)cn1c3cc4c(cc3c3c(ccc5c6ccc(-c7ccc8sc9cc%10c%11c(ccc%12oc%13ccccc%13c%12%11)c%11c%12ccccc%12cn%11c%10cc9c8c7)cc6oc53)c21)sc1ccccc14. The highest BCUT2D eigenvalue weighted by Gasteiger charge is 2.23. The molecule has 0 saturated heterocycles. The van der Waals surface area contributed by atoms with Gasteiger partial charge in [0.25, 0.3) is 0 Å². The van der Waals surface area contributed by atoms with Crippen molar-refractivity contribution >= 4 is 183 Å². The van der Waals surface area contributed by atoms with Gasteiger partial charge in [0.1, 0.15) is 22.3 Å². The molecule has 0 N–H and O–H groups in total. The van der Waals surface area contributed by atoms with E-state index >= 15 is 0 Å². The summed E-state index contributed by atoms with van der Waals surface area (Å²) in [5.74, 6) is 0. The van der Waals surface area contributed by atoms with Crippen LogP contribution in [0.15, 0.2) is 203 Å². The molecule has 0 bridgehead atoms. The predicted octanol–water partition coefficient (Wildman–Crippen LogP) is 19.3. The highest BCUT2D eigenvalue weighted by atomic mass is 32.1. The molecule has 0 fully saturated rings. The molecule has 0 spiro atoms. The quantitative estimate of drug-likeness (QED) is 0.154. The second-order valence-corrected chi connectivity index (χ2v) is 21.3. The number of benzene rings is 10. The van der Waals surface area contributed by atoms with Gasteiger partial charge in [-0.3, -0.25) is 0 Å². The Morgan fingerprint density at radius 2 is 0.857 bits per heavy atom. The van der Waals surface area contributed by atoms with Crippen LogP contribution in [0.25, 0.3) is 171 Å². The first-order valence-electron chi connectivity index (χ1n) is 23.8. The fourth-order valence-corrected chi connectivity index (χ4v) is 14.8. The van der Waals surface area contributed by atoms with Crippen molar-refractivity contribution < 1.29 is 8.83 Å². The van der Waals surface area contributed by atoms with E-state index < -0.39 is 0 Å². The maximum atomic E-state index is 7.17. The van der Waals surface area contributed by atoms with Crippen LogP contribution in [0.5, 0.6) is 0 Å². The monoisotopic (exact) mass is 924 g/mol. The van der Waals surface area contributed by atoms with Gasteiger partial charge in [-0.05, 0) is 90.0 Å². The summed E-state index contributed by atoms with van der Waals surface area (Å²) in [5, 5.41) is 21.9. The minimum absolute atomic E-state index is 0.893. The van der Waals surface area contributed by atoms with E-state index in [0.717, 1.165) is 44.1 Å². The van der Waals surface area contributed by atoms with Crippen molar-refractivity contribution in [2.75, 3.05) is 0 Å². The fourth-order valence-electron chi connectivity index (χ4n) is 12.6. The molecule has 18 aromatic rings. The molecule has 10 aromatic carbocycles. The maximum absolute atomic E-state index is 7.17. The van der Waals surface area contributed by atoms with Crippen LogP contribution in [0, 0.1) is 0 Å². The lowest BCUT2D eigenvalue weighted by Gasteiger charge is -2.11. The van der Waals surface area contributed by atoms with Crippen LogP contribution < -0.4 is 0 Å². The first kappa shape index (κ1) is 36.4. The molecule has 0 aliphatic rings. The summed E-state index contributed by atoms with van der Waals surface area (Å²) in [6, 6.07) is 67.3. The number of para-hydroxylation sites is 1. The molecule has 0 atom stereocenters. The Bertz CT molecular complexity index is 5440. The van der Waals surface area contributed by atoms with Crippen LogP contribution in [-0.4, -0.2) is 8.80 Å². The summed E-state index contributed by atoms with van der Waals surface area (Å²) < 4.78 is 23.7. The van der Waals surface area contributed by atoms with Crippen LogP contribution >= 0.6 is 22.7 Å². The van der Waals surface area contributed by atoms with Crippen molar-refractivity contribution in [3.63, 3.8) is 0 Å². The van der Waals surface area contributed by atoms with Gasteiger partial charge in [0.05, 0.1) is 22.1 Å². The normalized spacial score (nSPS) is 12.9. The minimum atomic E-state index is 0.893. The van der Waals surface area contributed by atoms with Crippen LogP contribution in [0.1, 0.15) is 0 Å². The van der Waals surface area contributed by atoms with Gasteiger partial charge in [0.15, 0.2) is 0 Å². The number of hydrogen-bond donors (Lipinski definition) is 0. The number of aromatic nitrogens is 2. The third-order valence-corrected chi connectivity index (χ3v) is 17.9. The molecule has 0 unspecified atom stereocenters. The van der Waals surface area contributed by atoms with Gasteiger partial charge in [-0.15, -0.1) is 22.7 Å². The molecule has 0 amide bonds. The molecule has 18 rings (SSSR count). The summed E-state index contributed by atoms with van der Waals surface area (Å²) in [4.78, 5) is 0.